The molecule has 146 valence electrons. The maximum absolute atomic E-state index is 11.4. The number of aromatic hydroxyl groups is 1. The minimum absolute atomic E-state index is 0.00779. The predicted molar refractivity (Wildman–Crippen MR) is 100 cm³/mol. The SMILES string of the molecule is COC(=O)CCc1c(O)cccc1CCCCCCOC1CCCCO1. The average molecular weight is 364 g/mol. The van der Waals surface area contributed by atoms with Crippen molar-refractivity contribution in [1.82, 2.24) is 0 Å². The van der Waals surface area contributed by atoms with Gasteiger partial charge >= 0.3 is 5.97 Å². The molecule has 26 heavy (non-hydrogen) atoms. The van der Waals surface area contributed by atoms with E-state index in [1.807, 2.05) is 12.1 Å². The maximum Gasteiger partial charge on any atom is 0.305 e. The molecule has 1 atom stereocenters. The van der Waals surface area contributed by atoms with E-state index in [0.717, 1.165) is 69.3 Å². The number of unbranched alkanes of at least 4 members (excludes halogenated alkanes) is 3. The van der Waals surface area contributed by atoms with Gasteiger partial charge in [-0.05, 0) is 62.1 Å². The second-order valence-electron chi connectivity index (χ2n) is 6.82. The molecule has 1 fully saturated rings. The summed E-state index contributed by atoms with van der Waals surface area (Å²) in [5.74, 6) is 0.0217. The first-order valence-electron chi connectivity index (χ1n) is 9.80. The zero-order valence-electron chi connectivity index (χ0n) is 15.9. The monoisotopic (exact) mass is 364 g/mol. The number of benzene rings is 1. The van der Waals surface area contributed by atoms with Crippen LogP contribution >= 0.6 is 0 Å². The molecule has 5 nitrogen and oxygen atoms in total. The summed E-state index contributed by atoms with van der Waals surface area (Å²) in [5, 5.41) is 10.1. The number of hydrogen-bond donors (Lipinski definition) is 1. The third kappa shape index (κ3) is 7.34. The quantitative estimate of drug-likeness (QED) is 0.472. The van der Waals surface area contributed by atoms with Crippen molar-refractivity contribution in [2.45, 2.75) is 70.5 Å². The molecule has 0 radical (unpaired) electrons. The minimum Gasteiger partial charge on any atom is -0.508 e. The summed E-state index contributed by atoms with van der Waals surface area (Å²) in [4.78, 5) is 11.4. The number of aryl methyl sites for hydroxylation is 1. The topological polar surface area (TPSA) is 65.0 Å². The Kier molecular flexibility index (Phi) is 9.50. The van der Waals surface area contributed by atoms with Crippen LogP contribution in [0, 0.1) is 0 Å². The number of carbonyl (C=O) groups is 1. The van der Waals surface area contributed by atoms with E-state index in [0.29, 0.717) is 12.8 Å². The van der Waals surface area contributed by atoms with Crippen LogP contribution in [0.2, 0.25) is 0 Å². The van der Waals surface area contributed by atoms with E-state index in [2.05, 4.69) is 0 Å². The Labute approximate surface area is 156 Å². The molecule has 1 aromatic carbocycles. The Morgan fingerprint density at radius 2 is 2.04 bits per heavy atom. The molecule has 1 N–H and O–H groups in total. The summed E-state index contributed by atoms with van der Waals surface area (Å²) >= 11 is 0. The summed E-state index contributed by atoms with van der Waals surface area (Å²) in [6.07, 6.45) is 9.47. The number of esters is 1. The Balaban J connectivity index is 1.64. The lowest BCUT2D eigenvalue weighted by Crippen LogP contribution is -2.22. The molecule has 0 saturated carbocycles. The zero-order chi connectivity index (χ0) is 18.6. The Hall–Kier alpha value is -1.59. The van der Waals surface area contributed by atoms with Gasteiger partial charge in [0.1, 0.15) is 5.75 Å². The zero-order valence-corrected chi connectivity index (χ0v) is 15.9. The van der Waals surface area contributed by atoms with E-state index in [-0.39, 0.29) is 18.0 Å². The number of carbonyl (C=O) groups excluding carboxylic acids is 1. The Bertz CT molecular complexity index is 537. The maximum atomic E-state index is 11.4. The largest absolute Gasteiger partial charge is 0.508 e. The van der Waals surface area contributed by atoms with E-state index in [1.165, 1.54) is 13.5 Å². The standard InChI is InChI=1S/C21H32O5/c1-24-20(23)14-13-18-17(10-8-11-19(18)22)9-4-2-3-6-15-25-21-12-5-7-16-26-21/h8,10-11,21-22H,2-7,9,12-16H2,1H3. The highest BCUT2D eigenvalue weighted by molar-refractivity contribution is 5.69. The van der Waals surface area contributed by atoms with Gasteiger partial charge < -0.3 is 19.3 Å². The lowest BCUT2D eigenvalue weighted by molar-refractivity contribution is -0.162. The van der Waals surface area contributed by atoms with Gasteiger partial charge in [-0.1, -0.05) is 25.0 Å². The number of phenolic OH excluding ortho intramolecular Hbond substituents is 1. The molecule has 0 bridgehead atoms. The molecule has 0 aliphatic carbocycles. The van der Waals surface area contributed by atoms with Gasteiger partial charge in [-0.15, -0.1) is 0 Å². The molecule has 0 aromatic heterocycles. The van der Waals surface area contributed by atoms with E-state index in [9.17, 15) is 9.90 Å². The van der Waals surface area contributed by atoms with Crippen LogP contribution in [0.1, 0.15) is 62.5 Å². The molecular formula is C21H32O5. The van der Waals surface area contributed by atoms with Crippen LogP contribution in [0.25, 0.3) is 0 Å². The summed E-state index contributed by atoms with van der Waals surface area (Å²) in [6, 6.07) is 5.58. The van der Waals surface area contributed by atoms with Gasteiger partial charge in [-0.25, -0.2) is 0 Å². The van der Waals surface area contributed by atoms with Crippen molar-refractivity contribution in [3.8, 4) is 5.75 Å². The molecule has 1 aromatic rings. The number of ether oxygens (including phenoxy) is 3. The molecule has 2 rings (SSSR count). The summed E-state index contributed by atoms with van der Waals surface area (Å²) < 4.78 is 16.0. The molecule has 1 aliphatic heterocycles. The van der Waals surface area contributed by atoms with Gasteiger partial charge in [0.25, 0.3) is 0 Å². The summed E-state index contributed by atoms with van der Waals surface area (Å²) in [6.45, 7) is 1.59. The molecule has 1 aliphatic rings. The first kappa shape index (κ1) is 20.7. The number of methoxy groups -OCH3 is 1. The van der Waals surface area contributed by atoms with Crippen LogP contribution < -0.4 is 0 Å². The highest BCUT2D eigenvalue weighted by Crippen LogP contribution is 2.24. The first-order chi connectivity index (χ1) is 12.7. The highest BCUT2D eigenvalue weighted by atomic mass is 16.7. The molecule has 0 spiro atoms. The minimum atomic E-state index is -0.249. The number of rotatable bonds is 11. The van der Waals surface area contributed by atoms with Gasteiger partial charge in [-0.2, -0.15) is 0 Å². The van der Waals surface area contributed by atoms with Crippen molar-refractivity contribution in [2.75, 3.05) is 20.3 Å². The van der Waals surface area contributed by atoms with E-state index in [1.54, 1.807) is 6.07 Å². The average Bonchev–Trinajstić information content (AvgIpc) is 2.67. The van der Waals surface area contributed by atoms with Crippen LogP contribution in [-0.4, -0.2) is 37.7 Å². The smallest absolute Gasteiger partial charge is 0.305 e. The highest BCUT2D eigenvalue weighted by Gasteiger charge is 2.13. The van der Waals surface area contributed by atoms with Crippen LogP contribution in [0.3, 0.4) is 0 Å². The van der Waals surface area contributed by atoms with Crippen LogP contribution in [0.5, 0.6) is 5.75 Å². The van der Waals surface area contributed by atoms with Crippen molar-refractivity contribution >= 4 is 5.97 Å². The molecule has 1 heterocycles. The molecular weight excluding hydrogens is 332 g/mol. The van der Waals surface area contributed by atoms with E-state index in [4.69, 9.17) is 14.2 Å². The first-order valence-corrected chi connectivity index (χ1v) is 9.80. The van der Waals surface area contributed by atoms with Gasteiger partial charge in [0.2, 0.25) is 0 Å². The lowest BCUT2D eigenvalue weighted by atomic mass is 9.97. The van der Waals surface area contributed by atoms with Crippen molar-refractivity contribution in [3.05, 3.63) is 29.3 Å². The van der Waals surface area contributed by atoms with Crippen molar-refractivity contribution in [3.63, 3.8) is 0 Å². The van der Waals surface area contributed by atoms with Gasteiger partial charge in [0.05, 0.1) is 7.11 Å². The van der Waals surface area contributed by atoms with Crippen molar-refractivity contribution < 1.29 is 24.1 Å². The van der Waals surface area contributed by atoms with Crippen LogP contribution in [0.4, 0.5) is 0 Å². The second-order valence-corrected chi connectivity index (χ2v) is 6.82. The number of phenols is 1. The molecule has 1 saturated heterocycles. The summed E-state index contributed by atoms with van der Waals surface area (Å²) in [5.41, 5.74) is 2.00. The Morgan fingerprint density at radius 3 is 2.81 bits per heavy atom. The normalized spacial score (nSPS) is 17.2. The van der Waals surface area contributed by atoms with E-state index < -0.39 is 0 Å². The van der Waals surface area contributed by atoms with Crippen molar-refractivity contribution in [2.24, 2.45) is 0 Å². The summed E-state index contributed by atoms with van der Waals surface area (Å²) in [7, 11) is 1.39. The van der Waals surface area contributed by atoms with Crippen LogP contribution in [0.15, 0.2) is 18.2 Å². The van der Waals surface area contributed by atoms with Gasteiger partial charge in [0.15, 0.2) is 6.29 Å². The fourth-order valence-corrected chi connectivity index (χ4v) is 3.30. The number of hydrogen-bond acceptors (Lipinski definition) is 5. The Morgan fingerprint density at radius 1 is 1.19 bits per heavy atom. The third-order valence-electron chi connectivity index (χ3n) is 4.84. The third-order valence-corrected chi connectivity index (χ3v) is 4.84. The lowest BCUT2D eigenvalue weighted by Gasteiger charge is -2.22. The fourth-order valence-electron chi connectivity index (χ4n) is 3.30. The van der Waals surface area contributed by atoms with Crippen molar-refractivity contribution in [1.29, 1.82) is 0 Å². The van der Waals surface area contributed by atoms with Gasteiger partial charge in [-0.3, -0.25) is 4.79 Å². The van der Waals surface area contributed by atoms with Gasteiger partial charge in [0, 0.05) is 19.6 Å². The second kappa shape index (κ2) is 11.9. The van der Waals surface area contributed by atoms with Crippen LogP contribution in [-0.2, 0) is 31.8 Å². The van der Waals surface area contributed by atoms with E-state index >= 15 is 0 Å². The molecule has 5 heteroatoms. The fraction of sp³-hybridized carbons (Fsp3) is 0.667. The predicted octanol–water partition coefficient (Wildman–Crippen LogP) is 4.14. The molecule has 1 unspecified atom stereocenters. The molecule has 0 amide bonds.